The zero-order valence-electron chi connectivity index (χ0n) is 11.8. The lowest BCUT2D eigenvalue weighted by Crippen LogP contribution is -2.09. The summed E-state index contributed by atoms with van der Waals surface area (Å²) >= 11 is 0. The lowest BCUT2D eigenvalue weighted by molar-refractivity contribution is 0.533. The number of hydrogen-bond acceptors (Lipinski definition) is 4. The summed E-state index contributed by atoms with van der Waals surface area (Å²) < 4.78 is 3.83. The Labute approximate surface area is 123 Å². The van der Waals surface area contributed by atoms with Gasteiger partial charge in [-0.15, -0.1) is 0 Å². The van der Waals surface area contributed by atoms with Gasteiger partial charge in [-0.05, 0) is 18.4 Å². The number of rotatable bonds is 7. The molecular weight excluding hydrogens is 264 g/mol. The first-order chi connectivity index (χ1) is 10.4. The number of nitrogens with zero attached hydrogens (tertiary/aromatic N) is 6. The molecule has 108 valence electrons. The maximum atomic E-state index is 4.35. The minimum atomic E-state index is 0.853. The van der Waals surface area contributed by atoms with Crippen LogP contribution in [0.5, 0.6) is 0 Å². The fraction of sp³-hybridized carbons (Fsp3) is 0.333. The van der Waals surface area contributed by atoms with Crippen molar-refractivity contribution in [3.8, 4) is 0 Å². The molecule has 2 aromatic heterocycles. The molecule has 0 amide bonds. The van der Waals surface area contributed by atoms with Crippen LogP contribution >= 0.6 is 0 Å². The molecule has 0 fully saturated rings. The van der Waals surface area contributed by atoms with Crippen LogP contribution in [0.25, 0.3) is 0 Å². The Bertz CT molecular complexity index is 644. The van der Waals surface area contributed by atoms with Crippen LogP contribution in [0.4, 0.5) is 0 Å². The van der Waals surface area contributed by atoms with E-state index in [-0.39, 0.29) is 0 Å². The van der Waals surface area contributed by atoms with E-state index >= 15 is 0 Å². The second-order valence-electron chi connectivity index (χ2n) is 4.90. The van der Waals surface area contributed by atoms with E-state index in [0.717, 1.165) is 38.2 Å². The summed E-state index contributed by atoms with van der Waals surface area (Å²) in [6.07, 6.45) is 7.78. The van der Waals surface area contributed by atoms with Crippen LogP contribution in [-0.4, -0.2) is 29.5 Å². The van der Waals surface area contributed by atoms with Crippen LogP contribution in [0.15, 0.2) is 49.3 Å². The fourth-order valence-corrected chi connectivity index (χ4v) is 2.30. The molecule has 0 aliphatic carbocycles. The highest BCUT2D eigenvalue weighted by Gasteiger charge is 2.04. The van der Waals surface area contributed by atoms with Crippen molar-refractivity contribution >= 4 is 0 Å². The highest BCUT2D eigenvalue weighted by Crippen LogP contribution is 2.05. The fourth-order valence-electron chi connectivity index (χ4n) is 2.30. The summed E-state index contributed by atoms with van der Waals surface area (Å²) in [5.41, 5.74) is 1.32. The van der Waals surface area contributed by atoms with Gasteiger partial charge in [-0.25, -0.2) is 14.6 Å². The van der Waals surface area contributed by atoms with Crippen LogP contribution in [-0.2, 0) is 25.9 Å². The van der Waals surface area contributed by atoms with Crippen molar-refractivity contribution in [3.05, 3.63) is 60.7 Å². The van der Waals surface area contributed by atoms with Gasteiger partial charge in [-0.3, -0.25) is 4.68 Å². The van der Waals surface area contributed by atoms with Crippen LogP contribution in [0.3, 0.4) is 0 Å². The third kappa shape index (κ3) is 3.75. The van der Waals surface area contributed by atoms with E-state index in [1.807, 2.05) is 15.4 Å². The van der Waals surface area contributed by atoms with Gasteiger partial charge in [0.1, 0.15) is 24.8 Å². The summed E-state index contributed by atoms with van der Waals surface area (Å²) in [6.45, 7) is 1.72. The number of aromatic nitrogens is 6. The Morgan fingerprint density at radius 3 is 2.62 bits per heavy atom. The standard InChI is InChI=1S/C15H18N6/c1-2-5-14(6-3-1)8-10-21-15(17-12-19-21)7-4-9-20-13-16-11-18-20/h1-3,5-6,11-13H,4,7-10H2. The molecule has 1 aromatic carbocycles. The molecule has 6 heteroatoms. The molecule has 0 N–H and O–H groups in total. The zero-order valence-corrected chi connectivity index (χ0v) is 11.8. The Morgan fingerprint density at radius 2 is 1.81 bits per heavy atom. The van der Waals surface area contributed by atoms with Gasteiger partial charge in [0.2, 0.25) is 0 Å². The predicted molar refractivity (Wildman–Crippen MR) is 78.5 cm³/mol. The molecule has 0 atom stereocenters. The van der Waals surface area contributed by atoms with Crippen molar-refractivity contribution in [3.63, 3.8) is 0 Å². The van der Waals surface area contributed by atoms with Gasteiger partial charge in [0.05, 0.1) is 0 Å². The molecule has 0 saturated heterocycles. The van der Waals surface area contributed by atoms with Crippen molar-refractivity contribution < 1.29 is 0 Å². The van der Waals surface area contributed by atoms with Crippen molar-refractivity contribution in [1.82, 2.24) is 29.5 Å². The Hall–Kier alpha value is -2.50. The molecule has 0 radical (unpaired) electrons. The molecule has 0 saturated carbocycles. The topological polar surface area (TPSA) is 61.4 Å². The summed E-state index contributed by atoms with van der Waals surface area (Å²) in [7, 11) is 0. The summed E-state index contributed by atoms with van der Waals surface area (Å²) in [4.78, 5) is 8.29. The van der Waals surface area contributed by atoms with E-state index in [2.05, 4.69) is 44.4 Å². The molecule has 0 bridgehead atoms. The van der Waals surface area contributed by atoms with E-state index in [1.165, 1.54) is 5.56 Å². The lowest BCUT2D eigenvalue weighted by atomic mass is 10.1. The minimum Gasteiger partial charge on any atom is -0.253 e. The monoisotopic (exact) mass is 282 g/mol. The molecule has 0 spiro atoms. The lowest BCUT2D eigenvalue weighted by Gasteiger charge is -2.06. The van der Waals surface area contributed by atoms with E-state index in [0.29, 0.717) is 0 Å². The first kappa shape index (κ1) is 13.5. The SMILES string of the molecule is c1ccc(CCn2ncnc2CCCn2cncn2)cc1. The molecular formula is C15H18N6. The third-order valence-electron chi connectivity index (χ3n) is 3.41. The number of benzene rings is 1. The van der Waals surface area contributed by atoms with E-state index in [4.69, 9.17) is 0 Å². The molecule has 0 aliphatic heterocycles. The second kappa shape index (κ2) is 6.78. The normalized spacial score (nSPS) is 10.9. The van der Waals surface area contributed by atoms with Gasteiger partial charge in [0.25, 0.3) is 0 Å². The van der Waals surface area contributed by atoms with Gasteiger partial charge in [-0.2, -0.15) is 10.2 Å². The van der Waals surface area contributed by atoms with E-state index in [9.17, 15) is 0 Å². The molecule has 6 nitrogen and oxygen atoms in total. The van der Waals surface area contributed by atoms with Gasteiger partial charge in [-0.1, -0.05) is 30.3 Å². The van der Waals surface area contributed by atoms with Crippen LogP contribution in [0, 0.1) is 0 Å². The van der Waals surface area contributed by atoms with Crippen LogP contribution < -0.4 is 0 Å². The zero-order chi connectivity index (χ0) is 14.3. The van der Waals surface area contributed by atoms with Crippen LogP contribution in [0.1, 0.15) is 17.8 Å². The average Bonchev–Trinajstić information content (AvgIpc) is 3.18. The van der Waals surface area contributed by atoms with Gasteiger partial charge in [0, 0.05) is 19.5 Å². The van der Waals surface area contributed by atoms with Crippen molar-refractivity contribution in [2.24, 2.45) is 0 Å². The molecule has 3 aromatic rings. The first-order valence-corrected chi connectivity index (χ1v) is 7.15. The van der Waals surface area contributed by atoms with E-state index < -0.39 is 0 Å². The maximum absolute atomic E-state index is 4.35. The van der Waals surface area contributed by atoms with Gasteiger partial charge < -0.3 is 0 Å². The largest absolute Gasteiger partial charge is 0.253 e. The quantitative estimate of drug-likeness (QED) is 0.662. The Morgan fingerprint density at radius 1 is 0.905 bits per heavy atom. The minimum absolute atomic E-state index is 0.853. The molecule has 0 aliphatic rings. The molecule has 3 rings (SSSR count). The van der Waals surface area contributed by atoms with Crippen LogP contribution in [0.2, 0.25) is 0 Å². The molecule has 0 unspecified atom stereocenters. The van der Waals surface area contributed by atoms with Gasteiger partial charge in [0.15, 0.2) is 0 Å². The first-order valence-electron chi connectivity index (χ1n) is 7.15. The van der Waals surface area contributed by atoms with E-state index in [1.54, 1.807) is 19.0 Å². The van der Waals surface area contributed by atoms with Crippen molar-refractivity contribution in [1.29, 1.82) is 0 Å². The number of aryl methyl sites for hydroxylation is 4. The number of hydrogen-bond donors (Lipinski definition) is 0. The highest BCUT2D eigenvalue weighted by molar-refractivity contribution is 5.14. The Kier molecular flexibility index (Phi) is 4.36. The molecule has 21 heavy (non-hydrogen) atoms. The summed E-state index contributed by atoms with van der Waals surface area (Å²) in [6, 6.07) is 10.4. The maximum Gasteiger partial charge on any atom is 0.138 e. The van der Waals surface area contributed by atoms with Gasteiger partial charge >= 0.3 is 0 Å². The van der Waals surface area contributed by atoms with Crippen molar-refractivity contribution in [2.75, 3.05) is 0 Å². The predicted octanol–water partition coefficient (Wildman–Crippen LogP) is 1.75. The highest BCUT2D eigenvalue weighted by atomic mass is 15.3. The van der Waals surface area contributed by atoms with Crippen molar-refractivity contribution in [2.45, 2.75) is 32.4 Å². The second-order valence-corrected chi connectivity index (χ2v) is 4.90. The summed E-state index contributed by atoms with van der Waals surface area (Å²) in [5, 5.41) is 8.41. The smallest absolute Gasteiger partial charge is 0.138 e. The molecule has 2 heterocycles. The summed E-state index contributed by atoms with van der Waals surface area (Å²) in [5.74, 6) is 1.03. The Balaban J connectivity index is 1.51. The average molecular weight is 282 g/mol. The third-order valence-corrected chi connectivity index (χ3v) is 3.41.